The molecule has 1 fully saturated rings. The normalized spacial score (nSPS) is 19.7. The van der Waals surface area contributed by atoms with Crippen LogP contribution >= 0.6 is 0 Å². The molecular formula is C20H28N2O3. The molecule has 0 spiro atoms. The van der Waals surface area contributed by atoms with Crippen LogP contribution in [0.2, 0.25) is 0 Å². The summed E-state index contributed by atoms with van der Waals surface area (Å²) in [6.45, 7) is 8.01. The number of nitrogens with two attached hydrogens (primary N) is 1. The molecular weight excluding hydrogens is 316 g/mol. The lowest BCUT2D eigenvalue weighted by atomic mass is 9.90. The third-order valence-electron chi connectivity index (χ3n) is 4.84. The van der Waals surface area contributed by atoms with Gasteiger partial charge in [0.25, 0.3) is 5.91 Å². The fourth-order valence-corrected chi connectivity index (χ4v) is 3.68. The van der Waals surface area contributed by atoms with Crippen LogP contribution in [0.25, 0.3) is 0 Å². The Morgan fingerprint density at radius 1 is 1.32 bits per heavy atom. The summed E-state index contributed by atoms with van der Waals surface area (Å²) in [5.41, 5.74) is 6.30. The van der Waals surface area contributed by atoms with Gasteiger partial charge in [0.1, 0.15) is 11.5 Å². The fourth-order valence-electron chi connectivity index (χ4n) is 3.68. The molecule has 2 N–H and O–H groups in total. The van der Waals surface area contributed by atoms with E-state index in [1.165, 1.54) is 19.3 Å². The molecule has 2 aromatic rings. The number of hydrogen-bond acceptors (Lipinski definition) is 4. The van der Waals surface area contributed by atoms with E-state index in [0.29, 0.717) is 0 Å². The second kappa shape index (κ2) is 7.08. The molecule has 5 heteroatoms. The van der Waals surface area contributed by atoms with Gasteiger partial charge in [0.05, 0.1) is 12.3 Å². The smallest absolute Gasteiger partial charge is 0.284 e. The number of primary amides is 1. The van der Waals surface area contributed by atoms with Gasteiger partial charge in [-0.2, -0.15) is 0 Å². The van der Waals surface area contributed by atoms with E-state index in [4.69, 9.17) is 14.6 Å². The lowest BCUT2D eigenvalue weighted by Crippen LogP contribution is -2.29. The highest BCUT2D eigenvalue weighted by molar-refractivity contribution is 5.90. The number of furan rings is 2. The molecule has 0 bridgehead atoms. The molecule has 1 saturated heterocycles. The third-order valence-corrected chi connectivity index (χ3v) is 4.84. The summed E-state index contributed by atoms with van der Waals surface area (Å²) in [6, 6.07) is 6.07. The summed E-state index contributed by atoms with van der Waals surface area (Å²) in [4.78, 5) is 14.0. The molecule has 1 amide bonds. The Morgan fingerprint density at radius 3 is 2.76 bits per heavy atom. The zero-order chi connectivity index (χ0) is 18.0. The second-order valence-corrected chi connectivity index (χ2v) is 7.93. The fraction of sp³-hybridized carbons (Fsp3) is 0.550. The zero-order valence-electron chi connectivity index (χ0n) is 15.4. The van der Waals surface area contributed by atoms with E-state index < -0.39 is 5.91 Å². The SMILES string of the molecule is CC(C)(C)c1oc(C(N)=O)cc1CN1CCCCC[C@H]1c1ccco1. The number of amides is 1. The van der Waals surface area contributed by atoms with Gasteiger partial charge >= 0.3 is 0 Å². The Morgan fingerprint density at radius 2 is 2.12 bits per heavy atom. The van der Waals surface area contributed by atoms with Gasteiger partial charge in [0.2, 0.25) is 0 Å². The number of likely N-dealkylation sites (tertiary alicyclic amines) is 1. The first-order chi connectivity index (χ1) is 11.9. The van der Waals surface area contributed by atoms with Crippen LogP contribution in [0.5, 0.6) is 0 Å². The lowest BCUT2D eigenvalue weighted by Gasteiger charge is -2.29. The topological polar surface area (TPSA) is 72.6 Å². The van der Waals surface area contributed by atoms with E-state index in [0.717, 1.165) is 36.6 Å². The molecule has 0 unspecified atom stereocenters. The summed E-state index contributed by atoms with van der Waals surface area (Å²) in [5.74, 6) is 1.57. The van der Waals surface area contributed by atoms with Crippen molar-refractivity contribution >= 4 is 5.91 Å². The first-order valence-electron chi connectivity index (χ1n) is 9.06. The van der Waals surface area contributed by atoms with Crippen LogP contribution in [-0.2, 0) is 12.0 Å². The average molecular weight is 344 g/mol. The van der Waals surface area contributed by atoms with Crippen molar-refractivity contribution < 1.29 is 13.6 Å². The van der Waals surface area contributed by atoms with Crippen molar-refractivity contribution in [3.63, 3.8) is 0 Å². The van der Waals surface area contributed by atoms with Gasteiger partial charge in [0.15, 0.2) is 5.76 Å². The van der Waals surface area contributed by atoms with Crippen molar-refractivity contribution in [3.8, 4) is 0 Å². The van der Waals surface area contributed by atoms with Crippen molar-refractivity contribution in [2.45, 2.75) is 64.5 Å². The van der Waals surface area contributed by atoms with E-state index in [2.05, 4.69) is 31.7 Å². The highest BCUT2D eigenvalue weighted by Crippen LogP contribution is 2.35. The number of carbonyl (C=O) groups excluding carboxylic acids is 1. The van der Waals surface area contributed by atoms with Crippen molar-refractivity contribution in [1.82, 2.24) is 4.90 Å². The van der Waals surface area contributed by atoms with E-state index >= 15 is 0 Å². The largest absolute Gasteiger partial charge is 0.468 e. The van der Waals surface area contributed by atoms with Crippen LogP contribution in [0.15, 0.2) is 33.3 Å². The summed E-state index contributed by atoms with van der Waals surface area (Å²) < 4.78 is 11.5. The van der Waals surface area contributed by atoms with Crippen molar-refractivity contribution in [1.29, 1.82) is 0 Å². The molecule has 1 aliphatic rings. The van der Waals surface area contributed by atoms with Gasteiger partial charge < -0.3 is 14.6 Å². The second-order valence-electron chi connectivity index (χ2n) is 7.93. The number of carbonyl (C=O) groups is 1. The first kappa shape index (κ1) is 17.8. The third kappa shape index (κ3) is 3.98. The highest BCUT2D eigenvalue weighted by Gasteiger charge is 2.30. The van der Waals surface area contributed by atoms with Crippen molar-refractivity contribution in [2.75, 3.05) is 6.54 Å². The van der Waals surface area contributed by atoms with Crippen LogP contribution in [0.3, 0.4) is 0 Å². The van der Waals surface area contributed by atoms with Gasteiger partial charge in [-0.05, 0) is 37.6 Å². The molecule has 0 saturated carbocycles. The monoisotopic (exact) mass is 344 g/mol. The zero-order valence-corrected chi connectivity index (χ0v) is 15.4. The quantitative estimate of drug-likeness (QED) is 0.893. The van der Waals surface area contributed by atoms with E-state index in [1.54, 1.807) is 6.26 Å². The number of hydrogen-bond donors (Lipinski definition) is 1. The van der Waals surface area contributed by atoms with E-state index in [-0.39, 0.29) is 17.2 Å². The Balaban J connectivity index is 1.92. The van der Waals surface area contributed by atoms with Gasteiger partial charge in [-0.15, -0.1) is 0 Å². The molecule has 2 aromatic heterocycles. The molecule has 3 heterocycles. The first-order valence-corrected chi connectivity index (χ1v) is 9.06. The Labute approximate surface area is 149 Å². The number of rotatable bonds is 4. The maximum absolute atomic E-state index is 11.6. The molecule has 136 valence electrons. The summed E-state index contributed by atoms with van der Waals surface area (Å²) in [6.07, 6.45) is 6.42. The molecule has 1 aliphatic heterocycles. The molecule has 25 heavy (non-hydrogen) atoms. The van der Waals surface area contributed by atoms with E-state index in [1.807, 2.05) is 12.1 Å². The molecule has 5 nitrogen and oxygen atoms in total. The summed E-state index contributed by atoms with van der Waals surface area (Å²) in [5, 5.41) is 0. The predicted octanol–water partition coefficient (Wildman–Crippen LogP) is 4.39. The maximum atomic E-state index is 11.6. The van der Waals surface area contributed by atoms with Crippen LogP contribution in [0.4, 0.5) is 0 Å². The average Bonchev–Trinajstić information content (AvgIpc) is 3.14. The predicted molar refractivity (Wildman–Crippen MR) is 96.3 cm³/mol. The lowest BCUT2D eigenvalue weighted by molar-refractivity contribution is 0.0970. The molecule has 0 aliphatic carbocycles. The molecule has 1 atom stereocenters. The maximum Gasteiger partial charge on any atom is 0.284 e. The number of nitrogens with zero attached hydrogens (tertiary/aromatic N) is 1. The van der Waals surface area contributed by atoms with Crippen molar-refractivity contribution in [3.05, 3.63) is 47.3 Å². The van der Waals surface area contributed by atoms with Gasteiger partial charge in [-0.1, -0.05) is 33.6 Å². The Bertz CT molecular complexity index is 710. The van der Waals surface area contributed by atoms with Crippen LogP contribution in [0, 0.1) is 0 Å². The minimum absolute atomic E-state index is 0.185. The minimum atomic E-state index is -0.518. The highest BCUT2D eigenvalue weighted by atomic mass is 16.4. The Kier molecular flexibility index (Phi) is 5.04. The van der Waals surface area contributed by atoms with Crippen LogP contribution < -0.4 is 5.73 Å². The summed E-state index contributed by atoms with van der Waals surface area (Å²) >= 11 is 0. The molecule has 3 rings (SSSR count). The van der Waals surface area contributed by atoms with Crippen LogP contribution in [0.1, 0.15) is 80.1 Å². The molecule has 0 radical (unpaired) electrons. The van der Waals surface area contributed by atoms with Gasteiger partial charge in [0, 0.05) is 17.5 Å². The van der Waals surface area contributed by atoms with E-state index in [9.17, 15) is 4.79 Å². The van der Waals surface area contributed by atoms with Crippen LogP contribution in [-0.4, -0.2) is 17.4 Å². The molecule has 0 aromatic carbocycles. The van der Waals surface area contributed by atoms with Gasteiger partial charge in [-0.3, -0.25) is 9.69 Å². The van der Waals surface area contributed by atoms with Gasteiger partial charge in [-0.25, -0.2) is 0 Å². The minimum Gasteiger partial charge on any atom is -0.468 e. The van der Waals surface area contributed by atoms with Crippen molar-refractivity contribution in [2.24, 2.45) is 5.73 Å². The Hall–Kier alpha value is -2.01. The summed E-state index contributed by atoms with van der Waals surface area (Å²) in [7, 11) is 0. The standard InChI is InChI=1S/C20H28N2O3/c1-20(2,3)18-14(12-17(25-18)19(21)23)13-22-10-6-4-5-8-15(22)16-9-7-11-24-16/h7,9,11-12,15H,4-6,8,10,13H2,1-3H3,(H2,21,23)/t15-/m0/s1.